The lowest BCUT2D eigenvalue weighted by Gasteiger charge is -2.19. The number of sulfonamides is 1. The van der Waals surface area contributed by atoms with Crippen LogP contribution in [-0.4, -0.2) is 45.0 Å². The maximum Gasteiger partial charge on any atom is 0.243 e. The van der Waals surface area contributed by atoms with Crippen molar-refractivity contribution < 1.29 is 17.9 Å². The van der Waals surface area contributed by atoms with Crippen molar-refractivity contribution in [3.63, 3.8) is 0 Å². The summed E-state index contributed by atoms with van der Waals surface area (Å²) in [6.45, 7) is 2.38. The van der Waals surface area contributed by atoms with E-state index in [1.807, 2.05) is 6.92 Å². The van der Waals surface area contributed by atoms with Crippen molar-refractivity contribution in [3.05, 3.63) is 60.3 Å². The molecule has 1 aromatic heterocycles. The Morgan fingerprint density at radius 3 is 2.44 bits per heavy atom. The molecule has 0 radical (unpaired) electrons. The lowest BCUT2D eigenvalue weighted by atomic mass is 10.1. The van der Waals surface area contributed by atoms with Gasteiger partial charge in [-0.05, 0) is 55.0 Å². The van der Waals surface area contributed by atoms with Crippen LogP contribution in [0.1, 0.15) is 5.56 Å². The van der Waals surface area contributed by atoms with E-state index < -0.39 is 10.0 Å². The maximum atomic E-state index is 13.0. The summed E-state index contributed by atoms with van der Waals surface area (Å²) in [5.74, 6) is 1.40. The lowest BCUT2D eigenvalue weighted by molar-refractivity contribution is 0.286. The predicted octanol–water partition coefficient (Wildman–Crippen LogP) is 3.25. The summed E-state index contributed by atoms with van der Waals surface area (Å²) in [5.41, 5.74) is 1.64. The molecule has 0 fully saturated rings. The molecule has 0 unspecified atom stereocenters. The third-order valence-electron chi connectivity index (χ3n) is 4.35. The van der Waals surface area contributed by atoms with Gasteiger partial charge in [0.15, 0.2) is 0 Å². The molecule has 0 aliphatic rings. The molecule has 3 rings (SSSR count). The van der Waals surface area contributed by atoms with E-state index in [1.165, 1.54) is 4.31 Å². The first-order valence-electron chi connectivity index (χ1n) is 8.51. The molecule has 3 aromatic rings. The Kier molecular flexibility index (Phi) is 5.62. The van der Waals surface area contributed by atoms with Gasteiger partial charge in [0, 0.05) is 25.2 Å². The first-order valence-corrected chi connectivity index (χ1v) is 9.95. The first kappa shape index (κ1) is 19.1. The molecule has 6 nitrogen and oxygen atoms in total. The number of nitrogens with zero attached hydrogens (tertiary/aromatic N) is 2. The highest BCUT2D eigenvalue weighted by atomic mass is 32.2. The van der Waals surface area contributed by atoms with Crippen molar-refractivity contribution in [3.8, 4) is 11.5 Å². The molecule has 0 spiro atoms. The molecule has 0 saturated carbocycles. The Labute approximate surface area is 159 Å². The molecule has 2 aromatic carbocycles. The Morgan fingerprint density at radius 1 is 1.04 bits per heavy atom. The molecule has 0 aliphatic heterocycles. The molecule has 0 saturated heterocycles. The van der Waals surface area contributed by atoms with E-state index in [-0.39, 0.29) is 18.0 Å². The Hall–Kier alpha value is -2.64. The van der Waals surface area contributed by atoms with Crippen LogP contribution in [0, 0.1) is 6.92 Å². The summed E-state index contributed by atoms with van der Waals surface area (Å²) in [7, 11) is -0.507. The second-order valence-corrected chi connectivity index (χ2v) is 8.14. The maximum absolute atomic E-state index is 13.0. The van der Waals surface area contributed by atoms with Crippen LogP contribution in [-0.2, 0) is 10.0 Å². The van der Waals surface area contributed by atoms with Crippen LogP contribution in [0.15, 0.2) is 59.6 Å². The van der Waals surface area contributed by atoms with Gasteiger partial charge < -0.3 is 9.47 Å². The quantitative estimate of drug-likeness (QED) is 0.623. The first-order chi connectivity index (χ1) is 12.9. The summed E-state index contributed by atoms with van der Waals surface area (Å²) < 4.78 is 38.1. The van der Waals surface area contributed by atoms with Crippen LogP contribution in [0.4, 0.5) is 0 Å². The number of fused-ring (bicyclic) bond motifs is 1. The van der Waals surface area contributed by atoms with E-state index in [9.17, 15) is 8.42 Å². The highest BCUT2D eigenvalue weighted by Crippen LogP contribution is 2.26. The van der Waals surface area contributed by atoms with Crippen LogP contribution in [0.3, 0.4) is 0 Å². The van der Waals surface area contributed by atoms with Gasteiger partial charge in [-0.1, -0.05) is 6.07 Å². The summed E-state index contributed by atoms with van der Waals surface area (Å²) in [5, 5.41) is 0.625. The van der Waals surface area contributed by atoms with Gasteiger partial charge in [-0.15, -0.1) is 0 Å². The molecule has 142 valence electrons. The van der Waals surface area contributed by atoms with Gasteiger partial charge in [-0.2, -0.15) is 4.31 Å². The molecular formula is C20H22N2O4S. The molecule has 0 aliphatic carbocycles. The minimum Gasteiger partial charge on any atom is -0.497 e. The van der Waals surface area contributed by atoms with Crippen molar-refractivity contribution in [1.82, 2.24) is 9.29 Å². The summed E-state index contributed by atoms with van der Waals surface area (Å²) >= 11 is 0. The molecule has 7 heteroatoms. The lowest BCUT2D eigenvalue weighted by Crippen LogP contribution is -2.31. The second-order valence-electron chi connectivity index (χ2n) is 6.13. The topological polar surface area (TPSA) is 68.7 Å². The second kappa shape index (κ2) is 7.94. The fraction of sp³-hybridized carbons (Fsp3) is 0.250. The van der Waals surface area contributed by atoms with Gasteiger partial charge in [-0.25, -0.2) is 8.42 Å². The van der Waals surface area contributed by atoms with Crippen LogP contribution in [0.5, 0.6) is 11.5 Å². The largest absolute Gasteiger partial charge is 0.497 e. The number of hydrogen-bond acceptors (Lipinski definition) is 5. The third-order valence-corrected chi connectivity index (χ3v) is 6.27. The number of likely N-dealkylation sites (N-methyl/N-ethyl adjacent to an activating group) is 1. The number of rotatable bonds is 7. The van der Waals surface area contributed by atoms with Crippen molar-refractivity contribution in [2.45, 2.75) is 11.8 Å². The van der Waals surface area contributed by atoms with Crippen molar-refractivity contribution in [2.75, 3.05) is 27.3 Å². The minimum absolute atomic E-state index is 0.226. The van der Waals surface area contributed by atoms with E-state index >= 15 is 0 Å². The molecule has 27 heavy (non-hydrogen) atoms. The average Bonchev–Trinajstić information content (AvgIpc) is 2.68. The zero-order chi connectivity index (χ0) is 19.4. The zero-order valence-corrected chi connectivity index (χ0v) is 16.4. The van der Waals surface area contributed by atoms with Crippen molar-refractivity contribution in [2.24, 2.45) is 0 Å². The molecule has 0 amide bonds. The van der Waals surface area contributed by atoms with E-state index in [1.54, 1.807) is 68.9 Å². The highest BCUT2D eigenvalue weighted by Gasteiger charge is 2.23. The van der Waals surface area contributed by atoms with E-state index in [0.29, 0.717) is 16.7 Å². The molecule has 0 N–H and O–H groups in total. The van der Waals surface area contributed by atoms with Gasteiger partial charge in [-0.3, -0.25) is 4.98 Å². The van der Waals surface area contributed by atoms with Crippen LogP contribution in [0.25, 0.3) is 10.9 Å². The number of ether oxygens (including phenoxy) is 2. The smallest absolute Gasteiger partial charge is 0.243 e. The molecule has 1 heterocycles. The Balaban J connectivity index is 1.74. The van der Waals surface area contributed by atoms with Gasteiger partial charge in [0.1, 0.15) is 18.1 Å². The number of methoxy groups -OCH3 is 1. The predicted molar refractivity (Wildman–Crippen MR) is 105 cm³/mol. The summed E-state index contributed by atoms with van der Waals surface area (Å²) in [6, 6.07) is 14.1. The monoisotopic (exact) mass is 386 g/mol. The SMILES string of the molecule is COc1ccc(OCCN(C)S(=O)(=O)c2ccc(C)c3ncccc23)cc1. The van der Waals surface area contributed by atoms with Gasteiger partial charge in [0.05, 0.1) is 17.5 Å². The standard InChI is InChI=1S/C20H22N2O4S/c1-15-6-11-19(18-5-4-12-21-20(15)18)27(23,24)22(2)13-14-26-17-9-7-16(25-3)8-10-17/h4-12H,13-14H2,1-3H3. The van der Waals surface area contributed by atoms with E-state index in [4.69, 9.17) is 9.47 Å². The molecule has 0 atom stereocenters. The van der Waals surface area contributed by atoms with Gasteiger partial charge in [0.2, 0.25) is 10.0 Å². The van der Waals surface area contributed by atoms with Crippen LogP contribution < -0.4 is 9.47 Å². The zero-order valence-electron chi connectivity index (χ0n) is 15.5. The van der Waals surface area contributed by atoms with Crippen molar-refractivity contribution >= 4 is 20.9 Å². The van der Waals surface area contributed by atoms with Crippen LogP contribution in [0.2, 0.25) is 0 Å². The average molecular weight is 386 g/mol. The van der Waals surface area contributed by atoms with Crippen LogP contribution >= 0.6 is 0 Å². The number of aryl methyl sites for hydroxylation is 1. The normalized spacial score (nSPS) is 11.7. The molecular weight excluding hydrogens is 364 g/mol. The van der Waals surface area contributed by atoms with E-state index in [2.05, 4.69) is 4.98 Å². The van der Waals surface area contributed by atoms with Crippen molar-refractivity contribution in [1.29, 1.82) is 0 Å². The van der Waals surface area contributed by atoms with Gasteiger partial charge >= 0.3 is 0 Å². The fourth-order valence-corrected chi connectivity index (χ4v) is 4.10. The minimum atomic E-state index is -3.65. The third kappa shape index (κ3) is 4.04. The Bertz CT molecular complexity index is 1030. The highest BCUT2D eigenvalue weighted by molar-refractivity contribution is 7.89. The molecule has 0 bridgehead atoms. The number of hydrogen-bond donors (Lipinski definition) is 0. The summed E-state index contributed by atoms with van der Waals surface area (Å²) in [6.07, 6.45) is 1.66. The summed E-state index contributed by atoms with van der Waals surface area (Å²) in [4.78, 5) is 4.57. The van der Waals surface area contributed by atoms with Gasteiger partial charge in [0.25, 0.3) is 0 Å². The van der Waals surface area contributed by atoms with E-state index in [0.717, 1.165) is 11.3 Å². The number of benzene rings is 2. The number of pyridine rings is 1. The number of aromatic nitrogens is 1. The fourth-order valence-electron chi connectivity index (χ4n) is 2.76. The Morgan fingerprint density at radius 2 is 1.74 bits per heavy atom.